The van der Waals surface area contributed by atoms with E-state index < -0.39 is 11.7 Å². The van der Waals surface area contributed by atoms with Gasteiger partial charge < -0.3 is 14.7 Å². The minimum Gasteiger partial charge on any atom is -0.355 e. The largest absolute Gasteiger partial charge is 0.416 e. The molecule has 4 rings (SSSR count). The Morgan fingerprint density at radius 3 is 2.62 bits per heavy atom. The molecular weight excluding hydrogens is 405 g/mol. The Balaban J connectivity index is 1.57. The number of hydrogen-bond acceptors (Lipinski definition) is 5. The predicted molar refractivity (Wildman–Crippen MR) is 100 cm³/mol. The van der Waals surface area contributed by atoms with Crippen molar-refractivity contribution in [1.82, 2.24) is 20.4 Å². The van der Waals surface area contributed by atoms with Gasteiger partial charge >= 0.3 is 12.2 Å². The fourth-order valence-corrected chi connectivity index (χ4v) is 4.32. The Labute approximate surface area is 168 Å². The Hall–Kier alpha value is -2.88. The smallest absolute Gasteiger partial charge is 0.355 e. The zero-order chi connectivity index (χ0) is 20.8. The van der Waals surface area contributed by atoms with Crippen molar-refractivity contribution in [2.75, 3.05) is 6.54 Å². The Morgan fingerprint density at radius 2 is 2.00 bits per heavy atom. The van der Waals surface area contributed by atoms with Crippen LogP contribution < -0.4 is 5.32 Å². The van der Waals surface area contributed by atoms with E-state index in [4.69, 9.17) is 4.52 Å². The van der Waals surface area contributed by atoms with Crippen molar-refractivity contribution in [3.63, 3.8) is 0 Å². The molecule has 1 saturated heterocycles. The first-order valence-electron chi connectivity index (χ1n) is 8.84. The van der Waals surface area contributed by atoms with E-state index in [0.29, 0.717) is 17.9 Å². The SMILES string of the molecule is Cc1cc(-c2sc(C3CNC(=O)N3Cc3ccc(C(F)(F)F)cc3)nc2C)on1. The van der Waals surface area contributed by atoms with E-state index >= 15 is 0 Å². The molecule has 1 N–H and O–H groups in total. The maximum absolute atomic E-state index is 12.8. The third kappa shape index (κ3) is 3.84. The number of alkyl halides is 3. The van der Waals surface area contributed by atoms with Crippen molar-refractivity contribution in [2.45, 2.75) is 32.6 Å². The molecule has 3 aromatic rings. The number of hydrogen-bond donors (Lipinski definition) is 1. The molecule has 6 nitrogen and oxygen atoms in total. The first-order chi connectivity index (χ1) is 13.7. The van der Waals surface area contributed by atoms with Gasteiger partial charge in [-0.15, -0.1) is 11.3 Å². The Morgan fingerprint density at radius 1 is 1.28 bits per heavy atom. The number of aryl methyl sites for hydroxylation is 2. The molecule has 152 valence electrons. The van der Waals surface area contributed by atoms with Gasteiger partial charge in [-0.3, -0.25) is 0 Å². The molecule has 2 aromatic heterocycles. The number of benzene rings is 1. The second kappa shape index (κ2) is 7.18. The maximum Gasteiger partial charge on any atom is 0.416 e. The lowest BCUT2D eigenvalue weighted by Crippen LogP contribution is -2.29. The second-order valence-electron chi connectivity index (χ2n) is 6.82. The van der Waals surface area contributed by atoms with Gasteiger partial charge in [-0.05, 0) is 31.5 Å². The van der Waals surface area contributed by atoms with E-state index in [1.54, 1.807) is 4.90 Å². The molecule has 29 heavy (non-hydrogen) atoms. The van der Waals surface area contributed by atoms with Crippen LogP contribution in [0.3, 0.4) is 0 Å². The normalized spacial score (nSPS) is 17.1. The molecule has 3 heterocycles. The van der Waals surface area contributed by atoms with Gasteiger partial charge in [0.2, 0.25) is 0 Å². The van der Waals surface area contributed by atoms with Crippen LogP contribution in [0.5, 0.6) is 0 Å². The first-order valence-corrected chi connectivity index (χ1v) is 9.65. The summed E-state index contributed by atoms with van der Waals surface area (Å²) < 4.78 is 43.6. The van der Waals surface area contributed by atoms with Crippen LogP contribution in [0.15, 0.2) is 34.9 Å². The number of carbonyl (C=O) groups is 1. The number of urea groups is 1. The lowest BCUT2D eigenvalue weighted by Gasteiger charge is -2.21. The number of thiazole rings is 1. The molecule has 0 aliphatic carbocycles. The molecular formula is C19H17F3N4O2S. The summed E-state index contributed by atoms with van der Waals surface area (Å²) in [5.41, 5.74) is 1.43. The van der Waals surface area contributed by atoms with Crippen molar-refractivity contribution in [3.05, 3.63) is 57.9 Å². The summed E-state index contributed by atoms with van der Waals surface area (Å²) in [6.07, 6.45) is -4.39. The summed E-state index contributed by atoms with van der Waals surface area (Å²) in [6.45, 7) is 4.25. The molecule has 1 fully saturated rings. The predicted octanol–water partition coefficient (Wildman–Crippen LogP) is 4.70. The standard InChI is InChI=1S/C19H17F3N4O2S/c1-10-7-15(28-25-10)16-11(2)24-17(29-16)14-8-23-18(27)26(14)9-12-3-5-13(6-4-12)19(20,21)22/h3-7,14H,8-9H2,1-2H3,(H,23,27). The molecule has 0 bridgehead atoms. The number of nitrogens with one attached hydrogen (secondary N) is 1. The van der Waals surface area contributed by atoms with Gasteiger partial charge in [0.15, 0.2) is 5.76 Å². The van der Waals surface area contributed by atoms with Gasteiger partial charge in [0.1, 0.15) is 11.0 Å². The fourth-order valence-electron chi connectivity index (χ4n) is 3.19. The Bertz CT molecular complexity index is 1040. The van der Waals surface area contributed by atoms with E-state index in [9.17, 15) is 18.0 Å². The van der Waals surface area contributed by atoms with Crippen molar-refractivity contribution in [1.29, 1.82) is 0 Å². The molecule has 2 amide bonds. The van der Waals surface area contributed by atoms with Crippen molar-refractivity contribution < 1.29 is 22.5 Å². The van der Waals surface area contributed by atoms with Gasteiger partial charge in [0.05, 0.1) is 21.8 Å². The zero-order valence-corrected chi connectivity index (χ0v) is 16.4. The minimum atomic E-state index is -4.39. The first kappa shape index (κ1) is 19.4. The highest BCUT2D eigenvalue weighted by molar-refractivity contribution is 7.15. The average Bonchev–Trinajstić information content (AvgIpc) is 3.34. The van der Waals surface area contributed by atoms with Crippen LogP contribution in [0, 0.1) is 13.8 Å². The highest BCUT2D eigenvalue weighted by atomic mass is 32.1. The van der Waals surface area contributed by atoms with Crippen molar-refractivity contribution >= 4 is 17.4 Å². The molecule has 1 aromatic carbocycles. The average molecular weight is 422 g/mol. The summed E-state index contributed by atoms with van der Waals surface area (Å²) in [6, 6.07) is 6.06. The summed E-state index contributed by atoms with van der Waals surface area (Å²) in [7, 11) is 0. The number of amides is 2. The van der Waals surface area contributed by atoms with Crippen LogP contribution >= 0.6 is 11.3 Å². The van der Waals surface area contributed by atoms with E-state index in [1.165, 1.54) is 23.5 Å². The maximum atomic E-state index is 12.8. The molecule has 10 heteroatoms. The molecule has 1 unspecified atom stereocenters. The minimum absolute atomic E-state index is 0.185. The van der Waals surface area contributed by atoms with E-state index in [1.807, 2.05) is 19.9 Å². The lowest BCUT2D eigenvalue weighted by atomic mass is 10.1. The zero-order valence-electron chi connectivity index (χ0n) is 15.6. The molecule has 0 saturated carbocycles. The highest BCUT2D eigenvalue weighted by Crippen LogP contribution is 2.37. The van der Waals surface area contributed by atoms with Gasteiger partial charge in [0, 0.05) is 19.2 Å². The van der Waals surface area contributed by atoms with Crippen LogP contribution in [0.25, 0.3) is 10.6 Å². The van der Waals surface area contributed by atoms with Crippen LogP contribution in [-0.2, 0) is 12.7 Å². The van der Waals surface area contributed by atoms with E-state index in [-0.39, 0.29) is 18.6 Å². The van der Waals surface area contributed by atoms with Crippen LogP contribution in [-0.4, -0.2) is 27.6 Å². The van der Waals surface area contributed by atoms with Crippen molar-refractivity contribution in [3.8, 4) is 10.6 Å². The molecule has 1 aliphatic heterocycles. The third-order valence-electron chi connectivity index (χ3n) is 4.67. The molecule has 1 aliphatic rings. The van der Waals surface area contributed by atoms with E-state index in [2.05, 4.69) is 15.5 Å². The van der Waals surface area contributed by atoms with Gasteiger partial charge in [-0.2, -0.15) is 13.2 Å². The monoisotopic (exact) mass is 422 g/mol. The summed E-state index contributed by atoms with van der Waals surface area (Å²) in [5, 5.41) is 7.41. The molecule has 1 atom stereocenters. The van der Waals surface area contributed by atoms with Crippen LogP contribution in [0.1, 0.15) is 33.6 Å². The quantitative estimate of drug-likeness (QED) is 0.662. The summed E-state index contributed by atoms with van der Waals surface area (Å²) in [4.78, 5) is 19.4. The second-order valence-corrected chi connectivity index (χ2v) is 7.85. The van der Waals surface area contributed by atoms with Gasteiger partial charge in [-0.1, -0.05) is 17.3 Å². The number of carbonyl (C=O) groups excluding carboxylic acids is 1. The number of halogens is 3. The number of nitrogens with zero attached hydrogens (tertiary/aromatic N) is 3. The molecule has 0 spiro atoms. The fraction of sp³-hybridized carbons (Fsp3) is 0.316. The topological polar surface area (TPSA) is 71.3 Å². The molecule has 0 radical (unpaired) electrons. The van der Waals surface area contributed by atoms with Crippen molar-refractivity contribution in [2.24, 2.45) is 0 Å². The van der Waals surface area contributed by atoms with Gasteiger partial charge in [-0.25, -0.2) is 9.78 Å². The van der Waals surface area contributed by atoms with E-state index in [0.717, 1.165) is 33.4 Å². The van der Waals surface area contributed by atoms with Crippen LogP contribution in [0.2, 0.25) is 0 Å². The lowest BCUT2D eigenvalue weighted by molar-refractivity contribution is -0.137. The highest BCUT2D eigenvalue weighted by Gasteiger charge is 2.35. The summed E-state index contributed by atoms with van der Waals surface area (Å²) >= 11 is 1.42. The Kier molecular flexibility index (Phi) is 4.81. The number of aromatic nitrogens is 2. The summed E-state index contributed by atoms with van der Waals surface area (Å²) in [5.74, 6) is 0.621. The number of rotatable bonds is 4. The third-order valence-corrected chi connectivity index (χ3v) is 5.94. The van der Waals surface area contributed by atoms with Crippen LogP contribution in [0.4, 0.5) is 18.0 Å². The van der Waals surface area contributed by atoms with Gasteiger partial charge in [0.25, 0.3) is 0 Å².